The van der Waals surface area contributed by atoms with Crippen LogP contribution in [0.4, 0.5) is 0 Å². The second-order valence-corrected chi connectivity index (χ2v) is 6.22. The van der Waals surface area contributed by atoms with E-state index in [1.165, 1.54) is 12.8 Å². The first-order valence-electron chi connectivity index (χ1n) is 11.3. The van der Waals surface area contributed by atoms with Crippen molar-refractivity contribution in [1.82, 2.24) is 4.90 Å². The first kappa shape index (κ1) is 31.5. The molecule has 0 aliphatic heterocycles. The third-order valence-electron chi connectivity index (χ3n) is 4.17. The molecule has 1 atom stereocenters. The van der Waals surface area contributed by atoms with E-state index >= 15 is 0 Å². The van der Waals surface area contributed by atoms with Gasteiger partial charge in [-0.3, -0.25) is 0 Å². The van der Waals surface area contributed by atoms with Gasteiger partial charge in [0.2, 0.25) is 0 Å². The van der Waals surface area contributed by atoms with Crippen LogP contribution in [-0.4, -0.2) is 73.4 Å². The second-order valence-electron chi connectivity index (χ2n) is 6.22. The van der Waals surface area contributed by atoms with Gasteiger partial charge in [0.1, 0.15) is 0 Å². The summed E-state index contributed by atoms with van der Waals surface area (Å²) in [5.74, 6) is 0. The molecule has 0 aliphatic rings. The van der Waals surface area contributed by atoms with Crippen LogP contribution in [0.1, 0.15) is 87.0 Å². The van der Waals surface area contributed by atoms with Crippen LogP contribution in [0.5, 0.6) is 0 Å². The molecule has 1 unspecified atom stereocenters. The Balaban J connectivity index is -0.00000134. The predicted octanol–water partition coefficient (Wildman–Crippen LogP) is 4.50. The Kier molecular flexibility index (Phi) is 30.1. The summed E-state index contributed by atoms with van der Waals surface area (Å²) in [4.78, 5) is 2.44. The highest BCUT2D eigenvalue weighted by Crippen LogP contribution is 2.21. The van der Waals surface area contributed by atoms with E-state index in [1.54, 1.807) is 0 Å². The van der Waals surface area contributed by atoms with Crippen molar-refractivity contribution in [3.63, 3.8) is 0 Å². The SMILES string of the molecule is CC.CC.CCCN(CCC)CCOCCC(O)(CC)CCCOCCO. The van der Waals surface area contributed by atoms with Crippen molar-refractivity contribution >= 4 is 0 Å². The molecular weight excluding hydrogens is 342 g/mol. The van der Waals surface area contributed by atoms with E-state index < -0.39 is 5.60 Å². The number of rotatable bonds is 17. The van der Waals surface area contributed by atoms with Gasteiger partial charge in [0, 0.05) is 19.8 Å². The van der Waals surface area contributed by atoms with Crippen LogP contribution in [0.25, 0.3) is 0 Å². The van der Waals surface area contributed by atoms with Gasteiger partial charge in [-0.15, -0.1) is 0 Å². The smallest absolute Gasteiger partial charge is 0.0697 e. The summed E-state index contributed by atoms with van der Waals surface area (Å²) in [6.45, 7) is 20.0. The second kappa shape index (κ2) is 25.8. The summed E-state index contributed by atoms with van der Waals surface area (Å²) in [5, 5.41) is 19.2. The number of hydrogen-bond donors (Lipinski definition) is 2. The molecule has 0 saturated carbocycles. The summed E-state index contributed by atoms with van der Waals surface area (Å²) >= 11 is 0. The van der Waals surface area contributed by atoms with Crippen molar-refractivity contribution < 1.29 is 19.7 Å². The molecule has 0 amide bonds. The van der Waals surface area contributed by atoms with Crippen LogP contribution < -0.4 is 0 Å². The number of hydrogen-bond acceptors (Lipinski definition) is 5. The van der Waals surface area contributed by atoms with E-state index in [-0.39, 0.29) is 6.61 Å². The molecule has 0 rings (SSSR count). The lowest BCUT2D eigenvalue weighted by Crippen LogP contribution is -2.32. The third kappa shape index (κ3) is 22.0. The Bertz CT molecular complexity index is 248. The molecule has 0 spiro atoms. The third-order valence-corrected chi connectivity index (χ3v) is 4.17. The van der Waals surface area contributed by atoms with E-state index in [0.29, 0.717) is 26.2 Å². The van der Waals surface area contributed by atoms with Gasteiger partial charge in [-0.25, -0.2) is 0 Å². The van der Waals surface area contributed by atoms with Crippen LogP contribution in [0.15, 0.2) is 0 Å². The normalized spacial score (nSPS) is 12.7. The Labute approximate surface area is 170 Å². The van der Waals surface area contributed by atoms with Crippen molar-refractivity contribution in [2.75, 3.05) is 52.7 Å². The van der Waals surface area contributed by atoms with Crippen molar-refractivity contribution in [1.29, 1.82) is 0 Å². The van der Waals surface area contributed by atoms with E-state index in [4.69, 9.17) is 14.6 Å². The maximum Gasteiger partial charge on any atom is 0.0697 e. The minimum atomic E-state index is -0.658. The summed E-state index contributed by atoms with van der Waals surface area (Å²) < 4.78 is 11.0. The number of ether oxygens (including phenoxy) is 2. The largest absolute Gasteiger partial charge is 0.394 e. The topological polar surface area (TPSA) is 62.2 Å². The van der Waals surface area contributed by atoms with Crippen LogP contribution in [-0.2, 0) is 9.47 Å². The zero-order valence-electron chi connectivity index (χ0n) is 19.6. The molecule has 0 aromatic heterocycles. The molecular formula is C22H51NO4. The number of aliphatic hydroxyl groups excluding tert-OH is 1. The van der Waals surface area contributed by atoms with Gasteiger partial charge in [0.25, 0.3) is 0 Å². The summed E-state index contributed by atoms with van der Waals surface area (Å²) in [6.07, 6.45) is 5.28. The summed E-state index contributed by atoms with van der Waals surface area (Å²) in [7, 11) is 0. The monoisotopic (exact) mass is 393 g/mol. The number of nitrogens with zero attached hydrogens (tertiary/aromatic N) is 1. The van der Waals surface area contributed by atoms with E-state index in [9.17, 15) is 5.11 Å². The Morgan fingerprint density at radius 1 is 0.741 bits per heavy atom. The van der Waals surface area contributed by atoms with Crippen LogP contribution in [0, 0.1) is 0 Å². The van der Waals surface area contributed by atoms with Gasteiger partial charge in [0.05, 0.1) is 25.4 Å². The van der Waals surface area contributed by atoms with Crippen molar-refractivity contribution in [2.24, 2.45) is 0 Å². The fourth-order valence-corrected chi connectivity index (χ4v) is 2.67. The Hall–Kier alpha value is -0.200. The first-order chi connectivity index (χ1) is 13.1. The van der Waals surface area contributed by atoms with E-state index in [0.717, 1.165) is 45.5 Å². The fourth-order valence-electron chi connectivity index (χ4n) is 2.67. The molecule has 0 saturated heterocycles. The van der Waals surface area contributed by atoms with E-state index in [2.05, 4.69) is 18.7 Å². The molecule has 5 heteroatoms. The van der Waals surface area contributed by atoms with Crippen LogP contribution in [0.3, 0.4) is 0 Å². The zero-order valence-corrected chi connectivity index (χ0v) is 19.6. The van der Waals surface area contributed by atoms with Gasteiger partial charge >= 0.3 is 0 Å². The molecule has 0 aliphatic carbocycles. The Morgan fingerprint density at radius 2 is 1.30 bits per heavy atom. The molecule has 5 nitrogen and oxygen atoms in total. The molecule has 168 valence electrons. The van der Waals surface area contributed by atoms with E-state index in [1.807, 2.05) is 34.6 Å². The minimum absolute atomic E-state index is 0.0545. The highest BCUT2D eigenvalue weighted by molar-refractivity contribution is 4.76. The predicted molar refractivity (Wildman–Crippen MR) is 118 cm³/mol. The molecule has 27 heavy (non-hydrogen) atoms. The lowest BCUT2D eigenvalue weighted by atomic mass is 9.91. The van der Waals surface area contributed by atoms with Crippen molar-refractivity contribution in [2.45, 2.75) is 92.6 Å². The highest BCUT2D eigenvalue weighted by atomic mass is 16.5. The lowest BCUT2D eigenvalue weighted by Gasteiger charge is -2.27. The molecule has 0 radical (unpaired) electrons. The van der Waals surface area contributed by atoms with Crippen LogP contribution >= 0.6 is 0 Å². The molecule has 0 bridgehead atoms. The van der Waals surface area contributed by atoms with Crippen LogP contribution in [0.2, 0.25) is 0 Å². The van der Waals surface area contributed by atoms with Crippen molar-refractivity contribution in [3.05, 3.63) is 0 Å². The van der Waals surface area contributed by atoms with Crippen molar-refractivity contribution in [3.8, 4) is 0 Å². The molecule has 0 fully saturated rings. The minimum Gasteiger partial charge on any atom is -0.394 e. The summed E-state index contributed by atoms with van der Waals surface area (Å²) in [5.41, 5.74) is -0.658. The Morgan fingerprint density at radius 3 is 1.78 bits per heavy atom. The zero-order chi connectivity index (χ0) is 21.4. The average Bonchev–Trinajstić information content (AvgIpc) is 2.71. The molecule has 0 aromatic carbocycles. The fraction of sp³-hybridized carbons (Fsp3) is 1.00. The van der Waals surface area contributed by atoms with Gasteiger partial charge in [-0.1, -0.05) is 48.5 Å². The van der Waals surface area contributed by atoms with Gasteiger partial charge in [-0.2, -0.15) is 0 Å². The maximum atomic E-state index is 10.6. The lowest BCUT2D eigenvalue weighted by molar-refractivity contribution is -0.0197. The quantitative estimate of drug-likeness (QED) is 0.356. The number of aliphatic hydroxyl groups is 2. The maximum absolute atomic E-state index is 10.6. The average molecular weight is 394 g/mol. The highest BCUT2D eigenvalue weighted by Gasteiger charge is 2.23. The first-order valence-corrected chi connectivity index (χ1v) is 11.3. The van der Waals surface area contributed by atoms with Gasteiger partial charge in [-0.05, 0) is 51.6 Å². The van der Waals surface area contributed by atoms with Gasteiger partial charge < -0.3 is 24.6 Å². The molecule has 0 aromatic rings. The molecule has 2 N–H and O–H groups in total. The molecule has 0 heterocycles. The summed E-state index contributed by atoms with van der Waals surface area (Å²) in [6, 6.07) is 0. The van der Waals surface area contributed by atoms with Gasteiger partial charge in [0.15, 0.2) is 0 Å². The standard InChI is InChI=1S/C18H39NO4.2C2H6/c1-4-10-19(11-5-2)12-16-23-15-9-18(21,6-3)8-7-14-22-17-13-20;2*1-2/h20-21H,4-17H2,1-3H3;2*1-2H3.